The average molecular weight is 311 g/mol. The van der Waals surface area contributed by atoms with Gasteiger partial charge in [-0.2, -0.15) is 0 Å². The summed E-state index contributed by atoms with van der Waals surface area (Å²) in [4.78, 5) is 23.6. The van der Waals surface area contributed by atoms with E-state index < -0.39 is 23.9 Å². The summed E-state index contributed by atoms with van der Waals surface area (Å²) < 4.78 is 23.9. The summed E-state index contributed by atoms with van der Waals surface area (Å²) in [6, 6.07) is 3.14. The molecule has 1 heterocycles. The van der Waals surface area contributed by atoms with Crippen LogP contribution in [0, 0.1) is 5.82 Å². The minimum absolute atomic E-state index is 0.0397. The van der Waals surface area contributed by atoms with Crippen LogP contribution in [0.2, 0.25) is 0 Å². The van der Waals surface area contributed by atoms with Crippen LogP contribution in [-0.2, 0) is 9.53 Å². The molecule has 22 heavy (non-hydrogen) atoms. The van der Waals surface area contributed by atoms with E-state index in [0.717, 1.165) is 0 Å². The fourth-order valence-electron chi connectivity index (χ4n) is 1.83. The third-order valence-electron chi connectivity index (χ3n) is 3.04. The Morgan fingerprint density at radius 2 is 2.41 bits per heavy atom. The van der Waals surface area contributed by atoms with Crippen LogP contribution < -0.4 is 21.1 Å². The van der Waals surface area contributed by atoms with Gasteiger partial charge in [-0.1, -0.05) is 6.07 Å². The molecule has 2 rings (SSSR count). The van der Waals surface area contributed by atoms with Crippen LogP contribution in [0.5, 0.6) is 5.75 Å². The van der Waals surface area contributed by atoms with Crippen molar-refractivity contribution in [2.24, 2.45) is 5.73 Å². The third kappa shape index (κ3) is 4.08. The standard InChI is InChI=1S/C14H18FN3O4/c1-8(16)5-6-21-14(20)17-10-7-22-11-4-2-3-9(15)12(11)18-13(10)19/h2-4,8,10H,5-7,16H2,1H3,(H,17,20)(H,18,19)/t8-,10?/m0/s1. The molecule has 0 bridgehead atoms. The number of halogens is 1. The lowest BCUT2D eigenvalue weighted by Crippen LogP contribution is -2.46. The molecule has 1 aliphatic rings. The highest BCUT2D eigenvalue weighted by atomic mass is 19.1. The molecule has 8 heteroatoms. The molecule has 7 nitrogen and oxygen atoms in total. The summed E-state index contributed by atoms with van der Waals surface area (Å²) in [7, 11) is 0. The number of amides is 2. The normalized spacial score (nSPS) is 18.3. The zero-order valence-corrected chi connectivity index (χ0v) is 12.1. The van der Waals surface area contributed by atoms with Gasteiger partial charge < -0.3 is 25.8 Å². The average Bonchev–Trinajstić information content (AvgIpc) is 2.60. The third-order valence-corrected chi connectivity index (χ3v) is 3.04. The van der Waals surface area contributed by atoms with E-state index >= 15 is 0 Å². The second kappa shape index (κ2) is 7.08. The van der Waals surface area contributed by atoms with E-state index in [1.54, 1.807) is 6.92 Å². The first-order valence-electron chi connectivity index (χ1n) is 6.88. The zero-order valence-electron chi connectivity index (χ0n) is 12.1. The molecule has 1 aromatic carbocycles. The van der Waals surface area contributed by atoms with Gasteiger partial charge in [0.05, 0.1) is 6.61 Å². The molecule has 0 saturated heterocycles. The van der Waals surface area contributed by atoms with Crippen LogP contribution in [0.25, 0.3) is 0 Å². The number of anilines is 1. The number of hydrogen-bond acceptors (Lipinski definition) is 5. The first-order valence-corrected chi connectivity index (χ1v) is 6.88. The Morgan fingerprint density at radius 3 is 3.14 bits per heavy atom. The summed E-state index contributed by atoms with van der Waals surface area (Å²) in [5.41, 5.74) is 5.50. The molecule has 0 fully saturated rings. The smallest absolute Gasteiger partial charge is 0.407 e. The Morgan fingerprint density at radius 1 is 1.64 bits per heavy atom. The number of carbonyl (C=O) groups excluding carboxylic acids is 2. The van der Waals surface area contributed by atoms with E-state index in [2.05, 4.69) is 10.6 Å². The molecule has 2 atom stereocenters. The van der Waals surface area contributed by atoms with Crippen molar-refractivity contribution in [1.29, 1.82) is 0 Å². The molecule has 1 unspecified atom stereocenters. The van der Waals surface area contributed by atoms with Gasteiger partial charge in [0.2, 0.25) is 0 Å². The Kier molecular flexibility index (Phi) is 5.16. The van der Waals surface area contributed by atoms with Gasteiger partial charge in [-0.25, -0.2) is 9.18 Å². The fourth-order valence-corrected chi connectivity index (χ4v) is 1.83. The number of ether oxygens (including phenoxy) is 2. The summed E-state index contributed by atoms with van der Waals surface area (Å²) >= 11 is 0. The van der Waals surface area contributed by atoms with Gasteiger partial charge in [0.15, 0.2) is 5.82 Å². The van der Waals surface area contributed by atoms with Gasteiger partial charge in [-0.05, 0) is 25.5 Å². The van der Waals surface area contributed by atoms with Crippen LogP contribution in [0.4, 0.5) is 14.9 Å². The van der Waals surface area contributed by atoms with Crippen molar-refractivity contribution in [3.8, 4) is 5.75 Å². The maximum absolute atomic E-state index is 13.6. The Balaban J connectivity index is 1.93. The van der Waals surface area contributed by atoms with Gasteiger partial charge >= 0.3 is 6.09 Å². The molecule has 1 aliphatic heterocycles. The lowest BCUT2D eigenvalue weighted by Gasteiger charge is -2.15. The lowest BCUT2D eigenvalue weighted by molar-refractivity contribution is -0.118. The van der Waals surface area contributed by atoms with E-state index in [9.17, 15) is 14.0 Å². The minimum Gasteiger partial charge on any atom is -0.489 e. The first-order chi connectivity index (χ1) is 10.5. The lowest BCUT2D eigenvalue weighted by atomic mass is 10.2. The topological polar surface area (TPSA) is 103 Å². The number of carbonyl (C=O) groups is 2. The number of benzene rings is 1. The molecule has 1 aromatic rings. The molecule has 0 radical (unpaired) electrons. The van der Waals surface area contributed by atoms with Gasteiger partial charge in [0, 0.05) is 6.04 Å². The van der Waals surface area contributed by atoms with Gasteiger partial charge in [0.1, 0.15) is 24.1 Å². The number of para-hydroxylation sites is 1. The Labute approximate surface area is 127 Å². The van der Waals surface area contributed by atoms with E-state index in [1.807, 2.05) is 0 Å². The van der Waals surface area contributed by atoms with Crippen LogP contribution in [0.1, 0.15) is 13.3 Å². The van der Waals surface area contributed by atoms with Gasteiger partial charge in [-0.3, -0.25) is 4.79 Å². The maximum atomic E-state index is 13.6. The molecule has 0 spiro atoms. The van der Waals surface area contributed by atoms with Crippen molar-refractivity contribution in [1.82, 2.24) is 5.32 Å². The minimum atomic E-state index is -0.977. The van der Waals surface area contributed by atoms with Crippen molar-refractivity contribution < 1.29 is 23.5 Å². The van der Waals surface area contributed by atoms with E-state index in [4.69, 9.17) is 15.2 Å². The second-order valence-electron chi connectivity index (χ2n) is 5.01. The van der Waals surface area contributed by atoms with E-state index in [1.165, 1.54) is 18.2 Å². The van der Waals surface area contributed by atoms with E-state index in [-0.39, 0.29) is 30.7 Å². The van der Waals surface area contributed by atoms with Crippen LogP contribution in [-0.4, -0.2) is 37.3 Å². The fraction of sp³-hybridized carbons (Fsp3) is 0.429. The summed E-state index contributed by atoms with van der Waals surface area (Å²) in [5, 5.41) is 4.77. The monoisotopic (exact) mass is 311 g/mol. The Bertz CT molecular complexity index is 565. The number of hydrogen-bond donors (Lipinski definition) is 3. The number of fused-ring (bicyclic) bond motifs is 1. The van der Waals surface area contributed by atoms with Crippen LogP contribution in [0.3, 0.4) is 0 Å². The van der Waals surface area contributed by atoms with Crippen LogP contribution >= 0.6 is 0 Å². The largest absolute Gasteiger partial charge is 0.489 e. The van der Waals surface area contributed by atoms with Gasteiger partial charge in [0.25, 0.3) is 5.91 Å². The number of rotatable bonds is 4. The highest BCUT2D eigenvalue weighted by Crippen LogP contribution is 2.29. The quantitative estimate of drug-likeness (QED) is 0.769. The summed E-state index contributed by atoms with van der Waals surface area (Å²) in [6.45, 7) is 1.82. The van der Waals surface area contributed by atoms with Crippen molar-refractivity contribution in [2.45, 2.75) is 25.4 Å². The predicted molar refractivity (Wildman–Crippen MR) is 77.1 cm³/mol. The first kappa shape index (κ1) is 16.0. The highest BCUT2D eigenvalue weighted by molar-refractivity contribution is 5.98. The summed E-state index contributed by atoms with van der Waals surface area (Å²) in [5.74, 6) is -0.970. The SMILES string of the molecule is C[C@H](N)CCOC(=O)NC1COc2cccc(F)c2NC1=O. The molecule has 0 aromatic heterocycles. The van der Waals surface area contributed by atoms with E-state index in [0.29, 0.717) is 6.42 Å². The van der Waals surface area contributed by atoms with Crippen molar-refractivity contribution in [2.75, 3.05) is 18.5 Å². The zero-order chi connectivity index (χ0) is 16.1. The predicted octanol–water partition coefficient (Wildman–Crippen LogP) is 0.989. The van der Waals surface area contributed by atoms with Gasteiger partial charge in [-0.15, -0.1) is 0 Å². The molecule has 4 N–H and O–H groups in total. The van der Waals surface area contributed by atoms with Crippen LogP contribution in [0.15, 0.2) is 18.2 Å². The van der Waals surface area contributed by atoms with Crippen molar-refractivity contribution in [3.05, 3.63) is 24.0 Å². The van der Waals surface area contributed by atoms with Crippen molar-refractivity contribution >= 4 is 17.7 Å². The molecular formula is C14H18FN3O4. The molecule has 120 valence electrons. The molecule has 0 aliphatic carbocycles. The number of alkyl carbamates (subject to hydrolysis) is 1. The maximum Gasteiger partial charge on any atom is 0.407 e. The molecule has 0 saturated carbocycles. The molecule has 2 amide bonds. The Hall–Kier alpha value is -2.35. The second-order valence-corrected chi connectivity index (χ2v) is 5.01. The summed E-state index contributed by atoms with van der Waals surface area (Å²) in [6.07, 6.45) is -0.243. The number of nitrogens with two attached hydrogens (primary N) is 1. The molecular weight excluding hydrogens is 293 g/mol. The highest BCUT2D eigenvalue weighted by Gasteiger charge is 2.28. The number of nitrogens with one attached hydrogen (secondary N) is 2. The van der Waals surface area contributed by atoms with Crippen molar-refractivity contribution in [3.63, 3.8) is 0 Å².